The lowest BCUT2D eigenvalue weighted by Crippen LogP contribution is -2.44. The summed E-state index contributed by atoms with van der Waals surface area (Å²) in [5.74, 6) is -0.950. The first-order valence-electron chi connectivity index (χ1n) is 5.14. The molecule has 0 radical (unpaired) electrons. The van der Waals surface area contributed by atoms with Crippen LogP contribution >= 0.6 is 0 Å². The average Bonchev–Trinajstić information content (AvgIpc) is 2.08. The van der Waals surface area contributed by atoms with Crippen molar-refractivity contribution < 1.29 is 24.0 Å². The van der Waals surface area contributed by atoms with Crippen LogP contribution in [0.2, 0.25) is 0 Å². The Hall–Kier alpha value is -0.950. The summed E-state index contributed by atoms with van der Waals surface area (Å²) in [5, 5.41) is 11.1. The molecule has 0 rings (SSSR count). The Morgan fingerprint density at radius 3 is 2.35 bits per heavy atom. The van der Waals surface area contributed by atoms with E-state index in [-0.39, 0.29) is 12.2 Å². The molecule has 0 aromatic carbocycles. The molecule has 17 heavy (non-hydrogen) atoms. The maximum Gasteiger partial charge on any atom is 0.408 e. The molecule has 1 amide bonds. The van der Waals surface area contributed by atoms with Crippen LogP contribution in [0, 0.1) is 0 Å². The molecule has 100 valence electrons. The summed E-state index contributed by atoms with van der Waals surface area (Å²) in [6.45, 7) is 5.05. The second-order valence-corrected chi connectivity index (χ2v) is 6.16. The number of carboxylic acid groups (broad SMARTS) is 1. The second-order valence-electron chi connectivity index (χ2n) is 4.60. The van der Waals surface area contributed by atoms with Crippen molar-refractivity contribution in [2.75, 3.05) is 12.0 Å². The van der Waals surface area contributed by atoms with Gasteiger partial charge in [0, 0.05) is 6.42 Å². The van der Waals surface area contributed by atoms with Gasteiger partial charge in [-0.05, 0) is 20.8 Å². The van der Waals surface area contributed by atoms with Crippen LogP contribution in [0.4, 0.5) is 4.79 Å². The molecule has 0 aliphatic carbocycles. The summed E-state index contributed by atoms with van der Waals surface area (Å²) in [4.78, 5) is 22.2. The maximum absolute atomic E-state index is 11.3. The summed E-state index contributed by atoms with van der Waals surface area (Å²) >= 11 is -1.09. The first-order valence-corrected chi connectivity index (χ1v) is 6.87. The molecular weight excluding hydrogens is 246 g/mol. The molecule has 0 aliphatic heterocycles. The van der Waals surface area contributed by atoms with Crippen LogP contribution in [0.5, 0.6) is 0 Å². The van der Waals surface area contributed by atoms with Crippen molar-refractivity contribution in [1.29, 1.82) is 0 Å². The molecule has 0 bridgehead atoms. The van der Waals surface area contributed by atoms with Gasteiger partial charge in [0.05, 0.1) is 6.26 Å². The van der Waals surface area contributed by atoms with Crippen LogP contribution in [0.15, 0.2) is 0 Å². The highest BCUT2D eigenvalue weighted by atomic mass is 32.2. The first-order chi connectivity index (χ1) is 7.61. The van der Waals surface area contributed by atoms with Gasteiger partial charge in [-0.3, -0.25) is 0 Å². The monoisotopic (exact) mass is 265 g/mol. The molecule has 2 atom stereocenters. The van der Waals surface area contributed by atoms with E-state index in [0.717, 1.165) is 0 Å². The van der Waals surface area contributed by atoms with Gasteiger partial charge in [0.1, 0.15) is 17.4 Å². The number of carboxylic acids is 1. The van der Waals surface area contributed by atoms with Crippen molar-refractivity contribution in [3.8, 4) is 0 Å². The molecule has 0 heterocycles. The van der Waals surface area contributed by atoms with Crippen molar-refractivity contribution in [3.63, 3.8) is 0 Å². The van der Waals surface area contributed by atoms with E-state index in [1.54, 1.807) is 20.8 Å². The number of hydrogen-bond acceptors (Lipinski definition) is 4. The predicted molar refractivity (Wildman–Crippen MR) is 64.3 cm³/mol. The normalized spacial score (nSPS) is 14.9. The van der Waals surface area contributed by atoms with Gasteiger partial charge in [-0.25, -0.2) is 9.59 Å². The molecule has 7 heteroatoms. The van der Waals surface area contributed by atoms with Crippen LogP contribution in [0.25, 0.3) is 0 Å². The molecule has 0 aromatic heterocycles. The summed E-state index contributed by atoms with van der Waals surface area (Å²) < 4.78 is 15.8. The van der Waals surface area contributed by atoms with Crippen LogP contribution in [-0.2, 0) is 20.7 Å². The van der Waals surface area contributed by atoms with Crippen molar-refractivity contribution >= 4 is 23.2 Å². The fourth-order valence-electron chi connectivity index (χ4n) is 0.991. The Labute approximate surface area is 104 Å². The van der Waals surface area contributed by atoms with Gasteiger partial charge in [0.15, 0.2) is 0 Å². The smallest absolute Gasteiger partial charge is 0.408 e. The minimum atomic E-state index is -1.17. The fourth-order valence-corrected chi connectivity index (χ4v) is 1.56. The maximum atomic E-state index is 11.3. The Kier molecular flexibility index (Phi) is 6.33. The van der Waals surface area contributed by atoms with Crippen LogP contribution in [0.3, 0.4) is 0 Å². The van der Waals surface area contributed by atoms with E-state index in [0.29, 0.717) is 0 Å². The van der Waals surface area contributed by atoms with Crippen LogP contribution < -0.4 is 5.32 Å². The lowest BCUT2D eigenvalue weighted by Gasteiger charge is -2.21. The van der Waals surface area contributed by atoms with Gasteiger partial charge >= 0.3 is 12.1 Å². The average molecular weight is 265 g/mol. The fraction of sp³-hybridized carbons (Fsp3) is 0.800. The molecule has 6 nitrogen and oxygen atoms in total. The zero-order chi connectivity index (χ0) is 13.6. The molecule has 0 spiro atoms. The highest BCUT2D eigenvalue weighted by Gasteiger charge is 2.24. The Bertz CT molecular complexity index is 274. The van der Waals surface area contributed by atoms with Gasteiger partial charge in [0.25, 0.3) is 0 Å². The van der Waals surface area contributed by atoms with E-state index >= 15 is 0 Å². The predicted octanol–water partition coefficient (Wildman–Crippen LogP) is 0.733. The third kappa shape index (κ3) is 8.82. The van der Waals surface area contributed by atoms with Gasteiger partial charge in [0.2, 0.25) is 0 Å². The number of carbonyl (C=O) groups excluding carboxylic acids is 1. The number of alkyl carbamates (subject to hydrolysis) is 1. The molecule has 0 saturated carbocycles. The third-order valence-corrected chi connectivity index (χ3v) is 2.49. The lowest BCUT2D eigenvalue weighted by atomic mass is 10.2. The Morgan fingerprint density at radius 2 is 2.00 bits per heavy atom. The second kappa shape index (κ2) is 6.70. The van der Waals surface area contributed by atoms with Crippen LogP contribution in [-0.4, -0.2) is 45.4 Å². The van der Waals surface area contributed by atoms with Gasteiger partial charge in [-0.15, -0.1) is 0 Å². The zero-order valence-corrected chi connectivity index (χ0v) is 11.3. The molecular formula is C10H19NO5S. The van der Waals surface area contributed by atoms with Crippen molar-refractivity contribution in [1.82, 2.24) is 5.32 Å². The topological polar surface area (TPSA) is 98.7 Å². The van der Waals surface area contributed by atoms with Gasteiger partial charge in [-0.1, -0.05) is 11.2 Å². The summed E-state index contributed by atoms with van der Waals surface area (Å²) in [6.07, 6.45) is 0.802. The summed E-state index contributed by atoms with van der Waals surface area (Å²) in [6, 6.07) is -1.08. The molecule has 2 N–H and O–H groups in total. The number of amides is 1. The number of aliphatic carboxylic acids is 1. The minimum absolute atomic E-state index is 0.109. The third-order valence-electron chi connectivity index (χ3n) is 1.68. The number of ether oxygens (including phenoxy) is 1. The van der Waals surface area contributed by atoms with E-state index in [1.165, 1.54) is 6.26 Å². The Balaban J connectivity index is 4.26. The zero-order valence-electron chi connectivity index (χ0n) is 10.5. The molecule has 0 unspecified atom stereocenters. The van der Waals surface area contributed by atoms with Gasteiger partial charge < -0.3 is 19.7 Å². The first kappa shape index (κ1) is 16.1. The minimum Gasteiger partial charge on any atom is -0.617 e. The van der Waals surface area contributed by atoms with E-state index in [1.807, 2.05) is 0 Å². The molecule has 0 saturated heterocycles. The van der Waals surface area contributed by atoms with Crippen molar-refractivity contribution in [2.24, 2.45) is 0 Å². The quantitative estimate of drug-likeness (QED) is 0.714. The largest absolute Gasteiger partial charge is 0.617 e. The van der Waals surface area contributed by atoms with Crippen molar-refractivity contribution in [2.45, 2.75) is 38.8 Å². The Morgan fingerprint density at radius 1 is 1.47 bits per heavy atom. The van der Waals surface area contributed by atoms with E-state index in [9.17, 15) is 14.1 Å². The number of nitrogens with one attached hydrogen (secondary N) is 1. The number of rotatable bonds is 5. The highest BCUT2D eigenvalue weighted by Crippen LogP contribution is 2.07. The highest BCUT2D eigenvalue weighted by molar-refractivity contribution is 7.90. The van der Waals surface area contributed by atoms with E-state index in [4.69, 9.17) is 9.84 Å². The molecule has 0 fully saturated rings. The molecule has 0 aromatic rings. The summed E-state index contributed by atoms with van der Waals surface area (Å²) in [5.41, 5.74) is -0.680. The number of carbonyl (C=O) groups is 2. The van der Waals surface area contributed by atoms with Gasteiger partial charge in [-0.2, -0.15) is 0 Å². The SMILES string of the molecule is C[S@+]([O-])CC[C@H](NC(=O)OC(C)(C)C)C(=O)O. The number of hydrogen-bond donors (Lipinski definition) is 2. The standard InChI is InChI=1S/C10H19NO5S/c1-10(2,3)16-9(14)11-7(8(12)13)5-6-17(4)15/h7H,5-6H2,1-4H3,(H,11,14)(H,12,13)/t7-,17-/m0/s1. The van der Waals surface area contributed by atoms with Crippen molar-refractivity contribution in [3.05, 3.63) is 0 Å². The van der Waals surface area contributed by atoms with E-state index in [2.05, 4.69) is 5.32 Å². The molecule has 0 aliphatic rings. The van der Waals surface area contributed by atoms with Crippen LogP contribution in [0.1, 0.15) is 27.2 Å². The van der Waals surface area contributed by atoms with E-state index < -0.39 is 34.9 Å². The lowest BCUT2D eigenvalue weighted by molar-refractivity contribution is -0.139. The summed E-state index contributed by atoms with van der Waals surface area (Å²) in [7, 11) is 0.